The van der Waals surface area contributed by atoms with Crippen molar-refractivity contribution in [2.45, 2.75) is 40.2 Å². The Balaban J connectivity index is 2.36. The van der Waals surface area contributed by atoms with Crippen LogP contribution in [0, 0.1) is 6.92 Å². The monoisotopic (exact) mass is 302 g/mol. The van der Waals surface area contributed by atoms with E-state index in [2.05, 4.69) is 68.3 Å². The zero-order valence-corrected chi connectivity index (χ0v) is 14.0. The summed E-state index contributed by atoms with van der Waals surface area (Å²) in [6.45, 7) is 9.42. The lowest BCUT2D eigenvalue weighted by molar-refractivity contribution is 0.617. The summed E-state index contributed by atoms with van der Waals surface area (Å²) in [5.74, 6) is 0. The predicted molar refractivity (Wildman–Crippen MR) is 92.9 cm³/mol. The molecule has 0 spiro atoms. The van der Waals surface area contributed by atoms with Crippen LogP contribution in [0.15, 0.2) is 29.8 Å². The standard InChI is InChI=1S/C18H23ClN2/c1-5-14(11-20-12(2)3)9-16-10-15-7-6-13(4)8-17(15)21-18(16)19/h6-10,12,20H,5,11H2,1-4H3. The number of rotatable bonds is 5. The van der Waals surface area contributed by atoms with Crippen molar-refractivity contribution in [2.24, 2.45) is 0 Å². The summed E-state index contributed by atoms with van der Waals surface area (Å²) in [6.07, 6.45) is 3.16. The van der Waals surface area contributed by atoms with Gasteiger partial charge in [0.15, 0.2) is 0 Å². The molecule has 0 amide bonds. The molecule has 0 unspecified atom stereocenters. The lowest BCUT2D eigenvalue weighted by Crippen LogP contribution is -2.24. The van der Waals surface area contributed by atoms with Crippen LogP contribution in [0.3, 0.4) is 0 Å². The Bertz CT molecular complexity index is 660. The topological polar surface area (TPSA) is 24.9 Å². The molecule has 0 atom stereocenters. The van der Waals surface area contributed by atoms with Gasteiger partial charge in [-0.1, -0.05) is 56.2 Å². The van der Waals surface area contributed by atoms with Gasteiger partial charge in [-0.3, -0.25) is 0 Å². The number of hydrogen-bond acceptors (Lipinski definition) is 2. The molecule has 2 rings (SSSR count). The van der Waals surface area contributed by atoms with Gasteiger partial charge in [-0.05, 0) is 31.0 Å². The SMILES string of the molecule is CCC(=Cc1cc2ccc(C)cc2nc1Cl)CNC(C)C. The third kappa shape index (κ3) is 4.29. The Morgan fingerprint density at radius 1 is 1.33 bits per heavy atom. The molecule has 1 heterocycles. The first-order valence-electron chi connectivity index (χ1n) is 7.49. The smallest absolute Gasteiger partial charge is 0.136 e. The van der Waals surface area contributed by atoms with Crippen LogP contribution in [0.5, 0.6) is 0 Å². The van der Waals surface area contributed by atoms with Crippen molar-refractivity contribution in [1.29, 1.82) is 0 Å². The van der Waals surface area contributed by atoms with Crippen LogP contribution in [-0.2, 0) is 0 Å². The number of pyridine rings is 1. The molecule has 1 N–H and O–H groups in total. The molecule has 1 aromatic heterocycles. The first-order valence-corrected chi connectivity index (χ1v) is 7.87. The lowest BCUT2D eigenvalue weighted by Gasteiger charge is -2.11. The van der Waals surface area contributed by atoms with Gasteiger partial charge in [-0.15, -0.1) is 0 Å². The van der Waals surface area contributed by atoms with E-state index in [9.17, 15) is 0 Å². The molecule has 2 aromatic rings. The lowest BCUT2D eigenvalue weighted by atomic mass is 10.1. The molecule has 21 heavy (non-hydrogen) atoms. The molecule has 3 heteroatoms. The molecular weight excluding hydrogens is 280 g/mol. The van der Waals surface area contributed by atoms with Crippen LogP contribution in [0.1, 0.15) is 38.3 Å². The maximum absolute atomic E-state index is 6.34. The first-order chi connectivity index (χ1) is 9.99. The number of fused-ring (bicyclic) bond motifs is 1. The highest BCUT2D eigenvalue weighted by atomic mass is 35.5. The van der Waals surface area contributed by atoms with Crippen LogP contribution in [0.4, 0.5) is 0 Å². The van der Waals surface area contributed by atoms with E-state index in [0.717, 1.165) is 29.4 Å². The van der Waals surface area contributed by atoms with Crippen LogP contribution in [0.25, 0.3) is 17.0 Å². The van der Waals surface area contributed by atoms with Crippen LogP contribution >= 0.6 is 11.6 Å². The van der Waals surface area contributed by atoms with E-state index >= 15 is 0 Å². The van der Waals surface area contributed by atoms with E-state index in [0.29, 0.717) is 11.2 Å². The molecule has 2 nitrogen and oxygen atoms in total. The Labute approximate surface area is 132 Å². The average Bonchev–Trinajstić information content (AvgIpc) is 2.43. The second-order valence-corrected chi connectivity index (χ2v) is 6.11. The second-order valence-electron chi connectivity index (χ2n) is 5.76. The van der Waals surface area contributed by atoms with Gasteiger partial charge in [0.2, 0.25) is 0 Å². The van der Waals surface area contributed by atoms with Crippen molar-refractivity contribution in [2.75, 3.05) is 6.54 Å². The van der Waals surface area contributed by atoms with E-state index in [-0.39, 0.29) is 0 Å². The fourth-order valence-electron chi connectivity index (χ4n) is 2.20. The number of aryl methyl sites for hydroxylation is 1. The minimum atomic E-state index is 0.480. The van der Waals surface area contributed by atoms with Crippen LogP contribution in [-0.4, -0.2) is 17.6 Å². The van der Waals surface area contributed by atoms with Crippen LogP contribution < -0.4 is 5.32 Å². The zero-order valence-electron chi connectivity index (χ0n) is 13.2. The third-order valence-corrected chi connectivity index (χ3v) is 3.81. The number of nitrogens with zero attached hydrogens (tertiary/aromatic N) is 1. The average molecular weight is 303 g/mol. The predicted octanol–water partition coefficient (Wildman–Crippen LogP) is 4.99. The van der Waals surface area contributed by atoms with Crippen molar-refractivity contribution >= 4 is 28.6 Å². The van der Waals surface area contributed by atoms with Gasteiger partial charge in [0.1, 0.15) is 5.15 Å². The Morgan fingerprint density at radius 3 is 2.76 bits per heavy atom. The fraction of sp³-hybridized carbons (Fsp3) is 0.389. The molecule has 112 valence electrons. The minimum absolute atomic E-state index is 0.480. The highest BCUT2D eigenvalue weighted by molar-refractivity contribution is 6.31. The number of nitrogens with one attached hydrogen (secondary N) is 1. The van der Waals surface area contributed by atoms with Gasteiger partial charge in [0.05, 0.1) is 5.52 Å². The maximum Gasteiger partial charge on any atom is 0.136 e. The van der Waals surface area contributed by atoms with Gasteiger partial charge < -0.3 is 5.32 Å². The summed E-state index contributed by atoms with van der Waals surface area (Å²) < 4.78 is 0. The van der Waals surface area contributed by atoms with Gasteiger partial charge in [-0.25, -0.2) is 4.98 Å². The summed E-state index contributed by atoms with van der Waals surface area (Å²) in [5, 5.41) is 5.15. The van der Waals surface area contributed by atoms with Crippen molar-refractivity contribution in [3.8, 4) is 0 Å². The van der Waals surface area contributed by atoms with E-state index in [4.69, 9.17) is 11.6 Å². The Hall–Kier alpha value is -1.38. The van der Waals surface area contributed by atoms with Gasteiger partial charge in [0.25, 0.3) is 0 Å². The number of benzene rings is 1. The molecule has 0 fully saturated rings. The normalized spacial score (nSPS) is 12.4. The molecule has 0 aliphatic rings. The maximum atomic E-state index is 6.34. The van der Waals surface area contributed by atoms with Crippen molar-refractivity contribution in [3.05, 3.63) is 46.1 Å². The van der Waals surface area contributed by atoms with E-state index in [1.807, 2.05) is 0 Å². The van der Waals surface area contributed by atoms with E-state index < -0.39 is 0 Å². The summed E-state index contributed by atoms with van der Waals surface area (Å²) in [4.78, 5) is 4.52. The molecule has 1 aromatic carbocycles. The fourth-order valence-corrected chi connectivity index (χ4v) is 2.40. The summed E-state index contributed by atoms with van der Waals surface area (Å²) in [5.41, 5.74) is 4.48. The quantitative estimate of drug-likeness (QED) is 0.787. The van der Waals surface area contributed by atoms with Gasteiger partial charge >= 0.3 is 0 Å². The van der Waals surface area contributed by atoms with Crippen LogP contribution in [0.2, 0.25) is 5.15 Å². The zero-order chi connectivity index (χ0) is 15.4. The Morgan fingerprint density at radius 2 is 2.10 bits per heavy atom. The Kier molecular flexibility index (Phi) is 5.38. The van der Waals surface area contributed by atoms with Crippen molar-refractivity contribution in [3.63, 3.8) is 0 Å². The summed E-state index contributed by atoms with van der Waals surface area (Å²) in [6, 6.07) is 8.87. The minimum Gasteiger partial charge on any atom is -0.311 e. The van der Waals surface area contributed by atoms with Gasteiger partial charge in [-0.2, -0.15) is 0 Å². The van der Waals surface area contributed by atoms with Crippen molar-refractivity contribution in [1.82, 2.24) is 10.3 Å². The highest BCUT2D eigenvalue weighted by Gasteiger charge is 2.05. The van der Waals surface area contributed by atoms with E-state index in [1.54, 1.807) is 0 Å². The molecule has 0 aliphatic carbocycles. The molecule has 0 bridgehead atoms. The highest BCUT2D eigenvalue weighted by Crippen LogP contribution is 2.24. The molecule has 0 radical (unpaired) electrons. The number of halogens is 1. The number of aromatic nitrogens is 1. The molecular formula is C18H23ClN2. The largest absolute Gasteiger partial charge is 0.311 e. The summed E-state index contributed by atoms with van der Waals surface area (Å²) >= 11 is 6.34. The summed E-state index contributed by atoms with van der Waals surface area (Å²) in [7, 11) is 0. The molecule has 0 aliphatic heterocycles. The third-order valence-electron chi connectivity index (χ3n) is 3.50. The number of hydrogen-bond donors (Lipinski definition) is 1. The van der Waals surface area contributed by atoms with Gasteiger partial charge in [0, 0.05) is 23.5 Å². The first kappa shape index (κ1) is 16.0. The van der Waals surface area contributed by atoms with E-state index in [1.165, 1.54) is 11.1 Å². The molecule has 0 saturated heterocycles. The molecule has 0 saturated carbocycles. The van der Waals surface area contributed by atoms with Crippen molar-refractivity contribution < 1.29 is 0 Å². The second kappa shape index (κ2) is 7.06.